The number of hydrogen-bond donors (Lipinski definition) is 1. The van der Waals surface area contributed by atoms with Gasteiger partial charge in [0.1, 0.15) is 5.69 Å². The highest BCUT2D eigenvalue weighted by molar-refractivity contribution is 5.79. The van der Waals surface area contributed by atoms with E-state index in [0.29, 0.717) is 43.7 Å². The van der Waals surface area contributed by atoms with Crippen molar-refractivity contribution in [2.45, 2.75) is 19.4 Å². The van der Waals surface area contributed by atoms with E-state index in [-0.39, 0.29) is 17.5 Å². The molecule has 1 heterocycles. The predicted octanol–water partition coefficient (Wildman–Crippen LogP) is 3.00. The molecule has 2 aromatic rings. The Labute approximate surface area is 157 Å². The number of nitro benzene ring substituents is 1. The number of carbonyl (C=O) groups excluding carboxylic acids is 1. The molecule has 7 nitrogen and oxygen atoms in total. The van der Waals surface area contributed by atoms with Crippen LogP contribution < -0.4 is 10.2 Å². The van der Waals surface area contributed by atoms with E-state index in [1.54, 1.807) is 6.07 Å². The highest BCUT2D eigenvalue weighted by Crippen LogP contribution is 2.32. The molecule has 3 rings (SSSR count). The highest BCUT2D eigenvalue weighted by atomic mass is 16.6. The van der Waals surface area contributed by atoms with Crippen molar-refractivity contribution in [2.75, 3.05) is 18.0 Å². The van der Waals surface area contributed by atoms with Gasteiger partial charge in [-0.25, -0.2) is 0 Å². The lowest BCUT2D eigenvalue weighted by molar-refractivity contribution is -0.384. The lowest BCUT2D eigenvalue weighted by Crippen LogP contribution is -2.40. The predicted molar refractivity (Wildman–Crippen MR) is 101 cm³/mol. The van der Waals surface area contributed by atoms with Crippen LogP contribution in [0.2, 0.25) is 0 Å². The van der Waals surface area contributed by atoms with Crippen LogP contribution >= 0.6 is 0 Å². The number of nitriles is 1. The van der Waals surface area contributed by atoms with Gasteiger partial charge in [0.15, 0.2) is 0 Å². The van der Waals surface area contributed by atoms with Crippen molar-refractivity contribution in [3.05, 3.63) is 69.8 Å². The Balaban J connectivity index is 1.61. The van der Waals surface area contributed by atoms with Crippen molar-refractivity contribution in [3.63, 3.8) is 0 Å². The molecule has 0 saturated carbocycles. The number of piperidine rings is 1. The van der Waals surface area contributed by atoms with Crippen molar-refractivity contribution in [2.24, 2.45) is 5.92 Å². The maximum absolute atomic E-state index is 12.4. The van der Waals surface area contributed by atoms with Crippen LogP contribution in [0.15, 0.2) is 48.5 Å². The van der Waals surface area contributed by atoms with Crippen LogP contribution in [0, 0.1) is 27.4 Å². The van der Waals surface area contributed by atoms with Gasteiger partial charge in [0.05, 0.1) is 16.6 Å². The van der Waals surface area contributed by atoms with Crippen LogP contribution in [0.3, 0.4) is 0 Å². The Kier molecular flexibility index (Phi) is 5.67. The van der Waals surface area contributed by atoms with Crippen molar-refractivity contribution < 1.29 is 9.72 Å². The number of carbonyl (C=O) groups is 1. The number of anilines is 1. The Morgan fingerprint density at radius 1 is 1.22 bits per heavy atom. The molecule has 1 saturated heterocycles. The second kappa shape index (κ2) is 8.32. The van der Waals surface area contributed by atoms with Gasteiger partial charge in [0, 0.05) is 31.6 Å². The molecule has 1 N–H and O–H groups in total. The van der Waals surface area contributed by atoms with Crippen molar-refractivity contribution in [1.29, 1.82) is 5.26 Å². The van der Waals surface area contributed by atoms with Crippen molar-refractivity contribution in [1.82, 2.24) is 5.32 Å². The van der Waals surface area contributed by atoms with E-state index < -0.39 is 4.92 Å². The first-order valence-corrected chi connectivity index (χ1v) is 8.83. The summed E-state index contributed by atoms with van der Waals surface area (Å²) in [5, 5.41) is 23.3. The molecule has 0 spiro atoms. The molecule has 1 amide bonds. The van der Waals surface area contributed by atoms with Gasteiger partial charge in [0.25, 0.3) is 5.69 Å². The minimum Gasteiger partial charge on any atom is -0.366 e. The Bertz CT molecular complexity index is 869. The molecule has 2 aromatic carbocycles. The third kappa shape index (κ3) is 4.42. The molecule has 138 valence electrons. The summed E-state index contributed by atoms with van der Waals surface area (Å²) in [5.74, 6) is -0.0954. The van der Waals surface area contributed by atoms with E-state index in [1.807, 2.05) is 41.3 Å². The van der Waals surface area contributed by atoms with Crippen molar-refractivity contribution >= 4 is 17.3 Å². The summed E-state index contributed by atoms with van der Waals surface area (Å²) in [4.78, 5) is 25.2. The smallest absolute Gasteiger partial charge is 0.292 e. The van der Waals surface area contributed by atoms with Crippen LogP contribution in [-0.2, 0) is 11.3 Å². The van der Waals surface area contributed by atoms with Gasteiger partial charge in [-0.3, -0.25) is 14.9 Å². The first-order chi connectivity index (χ1) is 13.1. The number of benzene rings is 2. The summed E-state index contributed by atoms with van der Waals surface area (Å²) >= 11 is 0. The maximum atomic E-state index is 12.4. The average Bonchev–Trinajstić information content (AvgIpc) is 2.72. The van der Waals surface area contributed by atoms with E-state index in [2.05, 4.69) is 5.32 Å². The van der Waals surface area contributed by atoms with Gasteiger partial charge in [-0.05, 0) is 30.5 Å². The van der Waals surface area contributed by atoms with Gasteiger partial charge in [0.2, 0.25) is 5.91 Å². The normalized spacial score (nSPS) is 14.4. The van der Waals surface area contributed by atoms with Gasteiger partial charge in [-0.1, -0.05) is 30.3 Å². The molecule has 7 heteroatoms. The largest absolute Gasteiger partial charge is 0.366 e. The Hall–Kier alpha value is -3.40. The molecule has 0 aliphatic carbocycles. The molecule has 0 atom stereocenters. The van der Waals surface area contributed by atoms with Crippen LogP contribution in [-0.4, -0.2) is 23.9 Å². The molecule has 0 radical (unpaired) electrons. The Morgan fingerprint density at radius 3 is 2.56 bits per heavy atom. The Morgan fingerprint density at radius 2 is 1.93 bits per heavy atom. The quantitative estimate of drug-likeness (QED) is 0.649. The first-order valence-electron chi connectivity index (χ1n) is 8.83. The number of nitrogens with zero attached hydrogens (tertiary/aromatic N) is 3. The molecule has 27 heavy (non-hydrogen) atoms. The molecule has 0 bridgehead atoms. The minimum atomic E-state index is -0.435. The molecule has 1 fully saturated rings. The zero-order chi connectivity index (χ0) is 19.2. The SMILES string of the molecule is N#Cc1ccc([N+](=O)[O-])c(N2CCC(C(=O)NCc3ccccc3)CC2)c1. The molecule has 0 aromatic heterocycles. The molecular weight excluding hydrogens is 344 g/mol. The number of nitro groups is 1. The van der Waals surface area contributed by atoms with E-state index in [4.69, 9.17) is 5.26 Å². The van der Waals surface area contributed by atoms with Crippen LogP contribution in [0.1, 0.15) is 24.0 Å². The molecular formula is C20H20N4O3. The maximum Gasteiger partial charge on any atom is 0.292 e. The number of nitrogens with one attached hydrogen (secondary N) is 1. The van der Waals surface area contributed by atoms with Gasteiger partial charge in [-0.2, -0.15) is 5.26 Å². The molecule has 0 unspecified atom stereocenters. The number of amides is 1. The zero-order valence-corrected chi connectivity index (χ0v) is 14.8. The van der Waals surface area contributed by atoms with Crippen LogP contribution in [0.4, 0.5) is 11.4 Å². The zero-order valence-electron chi connectivity index (χ0n) is 14.8. The fraction of sp³-hybridized carbons (Fsp3) is 0.300. The lowest BCUT2D eigenvalue weighted by atomic mass is 9.95. The van der Waals surface area contributed by atoms with Gasteiger partial charge in [-0.15, -0.1) is 0 Å². The molecule has 1 aliphatic heterocycles. The third-order valence-corrected chi connectivity index (χ3v) is 4.82. The second-order valence-electron chi connectivity index (χ2n) is 6.54. The summed E-state index contributed by atoms with van der Waals surface area (Å²) in [6, 6.07) is 16.1. The lowest BCUT2D eigenvalue weighted by Gasteiger charge is -2.32. The fourth-order valence-electron chi connectivity index (χ4n) is 3.31. The summed E-state index contributed by atoms with van der Waals surface area (Å²) < 4.78 is 0. The van der Waals surface area contributed by atoms with E-state index in [9.17, 15) is 14.9 Å². The number of hydrogen-bond acceptors (Lipinski definition) is 5. The molecule has 1 aliphatic rings. The van der Waals surface area contributed by atoms with Crippen molar-refractivity contribution in [3.8, 4) is 6.07 Å². The summed E-state index contributed by atoms with van der Waals surface area (Å²) in [5.41, 5.74) is 1.87. The van der Waals surface area contributed by atoms with E-state index in [1.165, 1.54) is 12.1 Å². The van der Waals surface area contributed by atoms with Gasteiger partial charge < -0.3 is 10.2 Å². The first kappa shape index (κ1) is 18.4. The number of rotatable bonds is 5. The fourth-order valence-corrected chi connectivity index (χ4v) is 3.31. The summed E-state index contributed by atoms with van der Waals surface area (Å²) in [6.07, 6.45) is 1.24. The summed E-state index contributed by atoms with van der Waals surface area (Å²) in [7, 11) is 0. The van der Waals surface area contributed by atoms with E-state index >= 15 is 0 Å². The van der Waals surface area contributed by atoms with Crippen LogP contribution in [0.5, 0.6) is 0 Å². The summed E-state index contributed by atoms with van der Waals surface area (Å²) in [6.45, 7) is 1.58. The van der Waals surface area contributed by atoms with Crippen LogP contribution in [0.25, 0.3) is 0 Å². The third-order valence-electron chi connectivity index (χ3n) is 4.82. The topological polar surface area (TPSA) is 99.3 Å². The van der Waals surface area contributed by atoms with E-state index in [0.717, 1.165) is 5.56 Å². The average molecular weight is 364 g/mol. The highest BCUT2D eigenvalue weighted by Gasteiger charge is 2.28. The minimum absolute atomic E-state index is 0.0128. The van der Waals surface area contributed by atoms with Gasteiger partial charge >= 0.3 is 0 Å². The standard InChI is InChI=1S/C20H20N4O3/c21-13-16-6-7-18(24(26)27)19(12-16)23-10-8-17(9-11-23)20(25)22-14-15-4-2-1-3-5-15/h1-7,12,17H,8-11,14H2,(H,22,25). The second-order valence-corrected chi connectivity index (χ2v) is 6.54. The monoisotopic (exact) mass is 364 g/mol.